The van der Waals surface area contributed by atoms with E-state index in [1.54, 1.807) is 12.1 Å². The standard InChI is InChI=1S/C26H33N5O4S/c1-17(2)34-24-11-8-18(16-22(24)27)26-28-25(29-35-26)21-7-5-6-20-19(21)9-10-23(20)30-36(32,33)15-14-31-12-3-4-13-31/h5-8,11,16-17,23,30H,3-4,9-10,12-15,27H2,1-2H3. The van der Waals surface area contributed by atoms with Gasteiger partial charge in [0.05, 0.1) is 17.5 Å². The number of rotatable bonds is 9. The quantitative estimate of drug-likeness (QED) is 0.416. The predicted molar refractivity (Wildman–Crippen MR) is 139 cm³/mol. The molecule has 36 heavy (non-hydrogen) atoms. The van der Waals surface area contributed by atoms with Crippen molar-refractivity contribution in [3.05, 3.63) is 47.5 Å². The molecule has 192 valence electrons. The Kier molecular flexibility index (Phi) is 7.00. The lowest BCUT2D eigenvalue weighted by molar-refractivity contribution is 0.244. The van der Waals surface area contributed by atoms with E-state index in [1.165, 1.54) is 0 Å². The Bertz CT molecular complexity index is 1330. The van der Waals surface area contributed by atoms with Crippen LogP contribution in [0.4, 0.5) is 5.69 Å². The van der Waals surface area contributed by atoms with Crippen LogP contribution in [0.2, 0.25) is 0 Å². The number of anilines is 1. The molecule has 3 aromatic rings. The van der Waals surface area contributed by atoms with E-state index in [9.17, 15) is 8.42 Å². The second-order valence-corrected chi connectivity index (χ2v) is 11.7. The average molecular weight is 512 g/mol. The van der Waals surface area contributed by atoms with Crippen LogP contribution < -0.4 is 15.2 Å². The summed E-state index contributed by atoms with van der Waals surface area (Å²) in [6.07, 6.45) is 3.76. The molecular formula is C26H33N5O4S. The molecule has 3 N–H and O–H groups in total. The molecule has 0 bridgehead atoms. The molecule has 5 rings (SSSR count). The van der Waals surface area contributed by atoms with Crippen molar-refractivity contribution in [1.82, 2.24) is 19.8 Å². The van der Waals surface area contributed by atoms with Crippen molar-refractivity contribution in [3.63, 3.8) is 0 Å². The molecule has 1 aliphatic heterocycles. The van der Waals surface area contributed by atoms with Gasteiger partial charge in [0.2, 0.25) is 15.8 Å². The Morgan fingerprint density at radius 3 is 2.78 bits per heavy atom. The summed E-state index contributed by atoms with van der Waals surface area (Å²) in [5.74, 6) is 1.57. The van der Waals surface area contributed by atoms with Gasteiger partial charge >= 0.3 is 0 Å². The highest BCUT2D eigenvalue weighted by molar-refractivity contribution is 7.89. The Hall–Kier alpha value is -2.95. The lowest BCUT2D eigenvalue weighted by Crippen LogP contribution is -2.35. The van der Waals surface area contributed by atoms with Gasteiger partial charge in [-0.25, -0.2) is 13.1 Å². The molecule has 9 nitrogen and oxygen atoms in total. The molecule has 2 heterocycles. The smallest absolute Gasteiger partial charge is 0.258 e. The van der Waals surface area contributed by atoms with Gasteiger partial charge in [0, 0.05) is 23.7 Å². The number of nitrogen functional groups attached to an aromatic ring is 1. The molecule has 1 fully saturated rings. The molecule has 1 aromatic heterocycles. The van der Waals surface area contributed by atoms with Crippen LogP contribution >= 0.6 is 0 Å². The number of aromatic nitrogens is 2. The largest absolute Gasteiger partial charge is 0.489 e. The number of likely N-dealkylation sites (tertiary alicyclic amines) is 1. The predicted octanol–water partition coefficient (Wildman–Crippen LogP) is 3.78. The van der Waals surface area contributed by atoms with Gasteiger partial charge in [-0.15, -0.1) is 0 Å². The van der Waals surface area contributed by atoms with Crippen LogP contribution in [0.15, 0.2) is 40.9 Å². The number of fused-ring (bicyclic) bond motifs is 1. The van der Waals surface area contributed by atoms with Gasteiger partial charge in [-0.2, -0.15) is 4.98 Å². The van der Waals surface area contributed by atoms with E-state index in [0.717, 1.165) is 49.0 Å². The van der Waals surface area contributed by atoms with Crippen molar-refractivity contribution < 1.29 is 17.7 Å². The first kappa shape index (κ1) is 24.7. The maximum atomic E-state index is 12.8. The summed E-state index contributed by atoms with van der Waals surface area (Å²) < 4.78 is 39.7. The van der Waals surface area contributed by atoms with Crippen LogP contribution in [-0.2, 0) is 16.4 Å². The van der Waals surface area contributed by atoms with Crippen molar-refractivity contribution in [1.29, 1.82) is 0 Å². The maximum Gasteiger partial charge on any atom is 0.258 e. The molecule has 1 aliphatic carbocycles. The maximum absolute atomic E-state index is 12.8. The summed E-state index contributed by atoms with van der Waals surface area (Å²) in [4.78, 5) is 6.83. The third-order valence-electron chi connectivity index (χ3n) is 6.75. The number of hydrogen-bond donors (Lipinski definition) is 2. The zero-order valence-electron chi connectivity index (χ0n) is 20.7. The lowest BCUT2D eigenvalue weighted by atomic mass is 10.0. The van der Waals surface area contributed by atoms with Gasteiger partial charge in [-0.05, 0) is 81.9 Å². The number of ether oxygens (including phenoxy) is 1. The molecule has 1 unspecified atom stereocenters. The van der Waals surface area contributed by atoms with Crippen LogP contribution in [0.3, 0.4) is 0 Å². The third kappa shape index (κ3) is 5.40. The number of nitrogens with zero attached hydrogens (tertiary/aromatic N) is 3. The molecule has 0 amide bonds. The summed E-state index contributed by atoms with van der Waals surface area (Å²) in [5.41, 5.74) is 10.2. The van der Waals surface area contributed by atoms with E-state index >= 15 is 0 Å². The van der Waals surface area contributed by atoms with Crippen molar-refractivity contribution >= 4 is 15.7 Å². The lowest BCUT2D eigenvalue weighted by Gasteiger charge is -2.18. The molecule has 10 heteroatoms. The van der Waals surface area contributed by atoms with Crippen LogP contribution in [-0.4, -0.2) is 54.9 Å². The zero-order valence-corrected chi connectivity index (χ0v) is 21.6. The van der Waals surface area contributed by atoms with E-state index < -0.39 is 10.0 Å². The second-order valence-electron chi connectivity index (χ2n) is 9.79. The van der Waals surface area contributed by atoms with Crippen LogP contribution in [0.1, 0.15) is 50.3 Å². The van der Waals surface area contributed by atoms with Crippen LogP contribution in [0, 0.1) is 0 Å². The van der Waals surface area contributed by atoms with Crippen LogP contribution in [0.25, 0.3) is 22.8 Å². The van der Waals surface area contributed by atoms with Gasteiger partial charge in [0.1, 0.15) is 5.75 Å². The minimum Gasteiger partial charge on any atom is -0.489 e. The fourth-order valence-electron chi connectivity index (χ4n) is 5.01. The van der Waals surface area contributed by atoms with Crippen molar-refractivity contribution in [2.24, 2.45) is 0 Å². The van der Waals surface area contributed by atoms with E-state index in [2.05, 4.69) is 19.8 Å². The minimum atomic E-state index is -3.38. The van der Waals surface area contributed by atoms with Gasteiger partial charge in [0.15, 0.2) is 0 Å². The first-order valence-electron chi connectivity index (χ1n) is 12.5. The Morgan fingerprint density at radius 2 is 2.03 bits per heavy atom. The van der Waals surface area contributed by atoms with E-state index in [4.69, 9.17) is 15.0 Å². The molecule has 2 aliphatic rings. The summed E-state index contributed by atoms with van der Waals surface area (Å²) in [6.45, 7) is 6.44. The molecule has 1 saturated heterocycles. The normalized spacial score (nSPS) is 18.1. The topological polar surface area (TPSA) is 124 Å². The molecule has 1 atom stereocenters. The highest BCUT2D eigenvalue weighted by Gasteiger charge is 2.30. The molecule has 0 spiro atoms. The fourth-order valence-corrected chi connectivity index (χ4v) is 6.31. The SMILES string of the molecule is CC(C)Oc1ccc(-c2nc(-c3cccc4c3CCC4NS(=O)(=O)CCN3CCCC3)no2)cc1N. The minimum absolute atomic E-state index is 0.0201. The first-order valence-corrected chi connectivity index (χ1v) is 14.2. The van der Waals surface area contributed by atoms with E-state index in [1.807, 2.05) is 38.1 Å². The Labute approximate surface area is 212 Å². The van der Waals surface area contributed by atoms with E-state index in [0.29, 0.717) is 41.7 Å². The highest BCUT2D eigenvalue weighted by atomic mass is 32.2. The summed E-state index contributed by atoms with van der Waals surface area (Å²) in [5, 5.41) is 4.21. The number of sulfonamides is 1. The molecule has 2 aromatic carbocycles. The molecule has 0 radical (unpaired) electrons. The van der Waals surface area contributed by atoms with Crippen LogP contribution in [0.5, 0.6) is 5.75 Å². The fraction of sp³-hybridized carbons (Fsp3) is 0.462. The Morgan fingerprint density at radius 1 is 1.22 bits per heavy atom. The number of benzene rings is 2. The third-order valence-corrected chi connectivity index (χ3v) is 8.12. The number of nitrogens with two attached hydrogens (primary N) is 1. The molecule has 0 saturated carbocycles. The summed E-state index contributed by atoms with van der Waals surface area (Å²) >= 11 is 0. The van der Waals surface area contributed by atoms with Gasteiger partial charge in [-0.1, -0.05) is 23.4 Å². The van der Waals surface area contributed by atoms with Gasteiger partial charge in [-0.3, -0.25) is 0 Å². The average Bonchev–Trinajstić information content (AvgIpc) is 3.60. The monoisotopic (exact) mass is 511 g/mol. The number of nitrogens with one attached hydrogen (secondary N) is 1. The number of hydrogen-bond acceptors (Lipinski definition) is 8. The zero-order chi connectivity index (χ0) is 25.3. The van der Waals surface area contributed by atoms with E-state index in [-0.39, 0.29) is 17.9 Å². The molecular weight excluding hydrogens is 478 g/mol. The van der Waals surface area contributed by atoms with Gasteiger partial charge in [0.25, 0.3) is 5.89 Å². The summed E-state index contributed by atoms with van der Waals surface area (Å²) in [6, 6.07) is 11.0. The van der Waals surface area contributed by atoms with Gasteiger partial charge < -0.3 is 19.9 Å². The van der Waals surface area contributed by atoms with Crippen molar-refractivity contribution in [3.8, 4) is 28.6 Å². The summed E-state index contributed by atoms with van der Waals surface area (Å²) in [7, 11) is -3.38. The highest BCUT2D eigenvalue weighted by Crippen LogP contribution is 2.38. The van der Waals surface area contributed by atoms with Crippen molar-refractivity contribution in [2.45, 2.75) is 51.7 Å². The van der Waals surface area contributed by atoms with Crippen molar-refractivity contribution in [2.75, 3.05) is 31.1 Å². The first-order chi connectivity index (χ1) is 17.3. The second kappa shape index (κ2) is 10.2. The Balaban J connectivity index is 1.32.